The van der Waals surface area contributed by atoms with Crippen molar-refractivity contribution in [2.75, 3.05) is 13.7 Å². The van der Waals surface area contributed by atoms with E-state index >= 15 is 0 Å². The molecule has 8 heteroatoms. The lowest BCUT2D eigenvalue weighted by molar-refractivity contribution is -0.144. The van der Waals surface area contributed by atoms with E-state index < -0.39 is 24.2 Å². The maximum atomic E-state index is 11.4. The minimum atomic E-state index is -0.699. The van der Waals surface area contributed by atoms with Gasteiger partial charge in [0.2, 0.25) is 5.91 Å². The molecule has 0 heterocycles. The fourth-order valence-corrected chi connectivity index (χ4v) is 1.40. The number of halogens is 1. The van der Waals surface area contributed by atoms with Crippen LogP contribution in [0, 0.1) is 6.92 Å². The van der Waals surface area contributed by atoms with Gasteiger partial charge < -0.3 is 9.47 Å². The third-order valence-corrected chi connectivity index (χ3v) is 2.80. The van der Waals surface area contributed by atoms with Crippen molar-refractivity contribution in [2.24, 2.45) is 0 Å². The van der Waals surface area contributed by atoms with Gasteiger partial charge in [-0.3, -0.25) is 25.2 Å². The van der Waals surface area contributed by atoms with Crippen LogP contribution < -0.4 is 15.6 Å². The highest BCUT2D eigenvalue weighted by Crippen LogP contribution is 2.20. The van der Waals surface area contributed by atoms with Crippen LogP contribution in [0.15, 0.2) is 18.2 Å². The molecule has 0 fully saturated rings. The topological polar surface area (TPSA) is 93.7 Å². The Balaban J connectivity index is 2.32. The second kappa shape index (κ2) is 8.11. The number of rotatable bonds is 5. The van der Waals surface area contributed by atoms with Gasteiger partial charge in [0, 0.05) is 5.02 Å². The third-order valence-electron chi connectivity index (χ3n) is 2.37. The Kier molecular flexibility index (Phi) is 6.48. The maximum absolute atomic E-state index is 11.4. The van der Waals surface area contributed by atoms with Gasteiger partial charge in [-0.15, -0.1) is 0 Å². The van der Waals surface area contributed by atoms with Crippen molar-refractivity contribution in [1.82, 2.24) is 10.9 Å². The molecule has 0 aliphatic carbocycles. The highest BCUT2D eigenvalue weighted by molar-refractivity contribution is 6.31. The van der Waals surface area contributed by atoms with Gasteiger partial charge in [0.05, 0.1) is 7.11 Å². The summed E-state index contributed by atoms with van der Waals surface area (Å²) in [6.45, 7) is 1.52. The number of hydrazine groups is 1. The molecule has 0 bridgehead atoms. The molecule has 1 aromatic carbocycles. The quantitative estimate of drug-likeness (QED) is 0.475. The van der Waals surface area contributed by atoms with Gasteiger partial charge in [0.25, 0.3) is 5.91 Å². The summed E-state index contributed by atoms with van der Waals surface area (Å²) in [7, 11) is 1.16. The van der Waals surface area contributed by atoms with Gasteiger partial charge in [0.15, 0.2) is 6.61 Å². The second-order valence-electron chi connectivity index (χ2n) is 4.05. The molecule has 21 heavy (non-hydrogen) atoms. The minimum absolute atomic E-state index is 0.292. The monoisotopic (exact) mass is 314 g/mol. The van der Waals surface area contributed by atoms with Crippen molar-refractivity contribution >= 4 is 29.4 Å². The van der Waals surface area contributed by atoms with Crippen LogP contribution in [0.1, 0.15) is 12.0 Å². The number of carbonyl (C=O) groups is 3. The molecular weight excluding hydrogens is 300 g/mol. The van der Waals surface area contributed by atoms with Crippen molar-refractivity contribution in [2.45, 2.75) is 13.3 Å². The standard InChI is InChI=1S/C13H15ClN2O5/c1-8-5-9(3-4-10(8)14)21-7-12(18)16-15-11(17)6-13(19)20-2/h3-5H,6-7H2,1-2H3,(H,15,17)(H,16,18). The Labute approximate surface area is 126 Å². The van der Waals surface area contributed by atoms with Crippen molar-refractivity contribution in [1.29, 1.82) is 0 Å². The summed E-state index contributed by atoms with van der Waals surface area (Å²) in [6, 6.07) is 4.96. The number of hydrogen-bond acceptors (Lipinski definition) is 5. The van der Waals surface area contributed by atoms with Gasteiger partial charge in [-0.25, -0.2) is 0 Å². The van der Waals surface area contributed by atoms with Crippen LogP contribution in [0.5, 0.6) is 5.75 Å². The molecule has 0 spiro atoms. The van der Waals surface area contributed by atoms with E-state index in [1.807, 2.05) is 6.92 Å². The number of nitrogens with one attached hydrogen (secondary N) is 2. The van der Waals surface area contributed by atoms with Crippen LogP contribution in [0.2, 0.25) is 5.02 Å². The zero-order chi connectivity index (χ0) is 15.8. The van der Waals surface area contributed by atoms with Crippen LogP contribution >= 0.6 is 11.6 Å². The molecule has 0 aliphatic heterocycles. The van der Waals surface area contributed by atoms with Crippen molar-refractivity contribution in [3.63, 3.8) is 0 Å². The van der Waals surface area contributed by atoms with Crippen LogP contribution in [0.25, 0.3) is 0 Å². The lowest BCUT2D eigenvalue weighted by atomic mass is 10.2. The first-order valence-corrected chi connectivity index (χ1v) is 6.33. The predicted molar refractivity (Wildman–Crippen MR) is 74.6 cm³/mol. The molecule has 0 saturated heterocycles. The van der Waals surface area contributed by atoms with E-state index in [2.05, 4.69) is 15.6 Å². The van der Waals surface area contributed by atoms with E-state index in [0.717, 1.165) is 12.7 Å². The summed E-state index contributed by atoms with van der Waals surface area (Å²) in [4.78, 5) is 33.4. The summed E-state index contributed by atoms with van der Waals surface area (Å²) in [5.74, 6) is -1.47. The van der Waals surface area contributed by atoms with Crippen LogP contribution in [0.4, 0.5) is 0 Å². The lowest BCUT2D eigenvalue weighted by Gasteiger charge is -2.09. The first kappa shape index (κ1) is 16.8. The normalized spacial score (nSPS) is 9.67. The summed E-state index contributed by atoms with van der Waals surface area (Å²) in [5, 5.41) is 0.599. The number of esters is 1. The zero-order valence-corrected chi connectivity index (χ0v) is 12.3. The Morgan fingerprint density at radius 1 is 1.19 bits per heavy atom. The number of aryl methyl sites for hydroxylation is 1. The Morgan fingerprint density at radius 3 is 2.48 bits per heavy atom. The largest absolute Gasteiger partial charge is 0.484 e. The van der Waals surface area contributed by atoms with Crippen molar-refractivity contribution in [3.05, 3.63) is 28.8 Å². The van der Waals surface area contributed by atoms with Crippen LogP contribution in [-0.2, 0) is 19.1 Å². The van der Waals surface area contributed by atoms with E-state index in [-0.39, 0.29) is 6.61 Å². The average molecular weight is 315 g/mol. The molecule has 2 N–H and O–H groups in total. The molecule has 2 amide bonds. The van der Waals surface area contributed by atoms with Crippen molar-refractivity contribution < 1.29 is 23.9 Å². The molecular formula is C13H15ClN2O5. The third kappa shape index (κ3) is 6.13. The summed E-state index contributed by atoms with van der Waals surface area (Å²) in [6.07, 6.45) is -0.478. The molecule has 0 saturated carbocycles. The zero-order valence-electron chi connectivity index (χ0n) is 11.6. The number of methoxy groups -OCH3 is 1. The molecule has 0 radical (unpaired) electrons. The Bertz CT molecular complexity index is 547. The molecule has 0 atom stereocenters. The molecule has 0 aromatic heterocycles. The van der Waals surface area contributed by atoms with Crippen LogP contribution in [0.3, 0.4) is 0 Å². The Morgan fingerprint density at radius 2 is 1.86 bits per heavy atom. The fraction of sp³-hybridized carbons (Fsp3) is 0.308. The second-order valence-corrected chi connectivity index (χ2v) is 4.46. The van der Waals surface area contributed by atoms with E-state index in [4.69, 9.17) is 16.3 Å². The molecule has 0 unspecified atom stereocenters. The number of hydrogen-bond donors (Lipinski definition) is 2. The highest BCUT2D eigenvalue weighted by Gasteiger charge is 2.10. The predicted octanol–water partition coefficient (Wildman–Crippen LogP) is 0.738. The van der Waals surface area contributed by atoms with E-state index in [1.165, 1.54) is 0 Å². The fourth-order valence-electron chi connectivity index (χ4n) is 1.28. The van der Waals surface area contributed by atoms with Gasteiger partial charge in [0.1, 0.15) is 12.2 Å². The molecule has 7 nitrogen and oxygen atoms in total. The van der Waals surface area contributed by atoms with E-state index in [0.29, 0.717) is 10.8 Å². The molecule has 1 aromatic rings. The summed E-state index contributed by atoms with van der Waals surface area (Å²) in [5.41, 5.74) is 5.00. The SMILES string of the molecule is COC(=O)CC(=O)NNC(=O)COc1ccc(Cl)c(C)c1. The highest BCUT2D eigenvalue weighted by atomic mass is 35.5. The van der Waals surface area contributed by atoms with Gasteiger partial charge >= 0.3 is 5.97 Å². The first-order chi connectivity index (χ1) is 9.92. The average Bonchev–Trinajstić information content (AvgIpc) is 2.46. The van der Waals surface area contributed by atoms with Gasteiger partial charge in [-0.2, -0.15) is 0 Å². The van der Waals surface area contributed by atoms with Crippen molar-refractivity contribution in [3.8, 4) is 5.75 Å². The number of benzene rings is 1. The van der Waals surface area contributed by atoms with E-state index in [9.17, 15) is 14.4 Å². The molecule has 0 aliphatic rings. The molecule has 114 valence electrons. The van der Waals surface area contributed by atoms with Crippen LogP contribution in [-0.4, -0.2) is 31.5 Å². The van der Waals surface area contributed by atoms with Gasteiger partial charge in [-0.05, 0) is 30.7 Å². The number of amides is 2. The minimum Gasteiger partial charge on any atom is -0.484 e. The number of ether oxygens (including phenoxy) is 2. The van der Waals surface area contributed by atoms with Gasteiger partial charge in [-0.1, -0.05) is 11.6 Å². The van der Waals surface area contributed by atoms with E-state index in [1.54, 1.807) is 18.2 Å². The summed E-state index contributed by atoms with van der Waals surface area (Å²) >= 11 is 5.86. The maximum Gasteiger partial charge on any atom is 0.315 e. The molecule has 1 rings (SSSR count). The Hall–Kier alpha value is -2.28. The smallest absolute Gasteiger partial charge is 0.315 e. The first-order valence-electron chi connectivity index (χ1n) is 5.96. The number of carbonyl (C=O) groups excluding carboxylic acids is 3. The summed E-state index contributed by atoms with van der Waals surface area (Å²) < 4.78 is 9.53. The lowest BCUT2D eigenvalue weighted by Crippen LogP contribution is -2.44.